The molecule has 132 valence electrons. The van der Waals surface area contributed by atoms with Crippen LogP contribution in [0.25, 0.3) is 11.3 Å². The molecule has 0 saturated heterocycles. The second-order valence-electron chi connectivity index (χ2n) is 5.68. The number of hydrogen-bond acceptors (Lipinski definition) is 3. The smallest absolute Gasteiger partial charge is 0.267 e. The molecule has 0 fully saturated rings. The maximum absolute atomic E-state index is 13.1. The summed E-state index contributed by atoms with van der Waals surface area (Å²) in [5.41, 5.74) is 1.01. The molecule has 0 bridgehead atoms. The zero-order chi connectivity index (χ0) is 18.7. The number of carbonyl (C=O) groups excluding carboxylic acids is 1. The van der Waals surface area contributed by atoms with Crippen molar-refractivity contribution in [3.05, 3.63) is 82.7 Å². The number of amides is 1. The Morgan fingerprint density at radius 3 is 2.15 bits per heavy atom. The fourth-order valence-corrected chi connectivity index (χ4v) is 2.37. The fourth-order valence-electron chi connectivity index (χ4n) is 2.37. The summed E-state index contributed by atoms with van der Waals surface area (Å²) >= 11 is 0. The predicted octanol–water partition coefficient (Wildman–Crippen LogP) is 3.39. The minimum atomic E-state index is -0.895. The van der Waals surface area contributed by atoms with Crippen molar-refractivity contribution in [2.24, 2.45) is 0 Å². The summed E-state index contributed by atoms with van der Waals surface area (Å²) in [5.74, 6) is -1.27. The first kappa shape index (κ1) is 17.5. The van der Waals surface area contributed by atoms with Gasteiger partial charge >= 0.3 is 0 Å². The highest BCUT2D eigenvalue weighted by Crippen LogP contribution is 2.17. The molecular weight excluding hydrogens is 340 g/mol. The zero-order valence-electron chi connectivity index (χ0n) is 13.8. The van der Waals surface area contributed by atoms with Crippen molar-refractivity contribution in [3.63, 3.8) is 0 Å². The van der Waals surface area contributed by atoms with Crippen molar-refractivity contribution < 1.29 is 13.6 Å². The lowest BCUT2D eigenvalue weighted by molar-refractivity contribution is -0.119. The molecule has 1 N–H and O–H groups in total. The highest BCUT2D eigenvalue weighted by atomic mass is 19.1. The second-order valence-corrected chi connectivity index (χ2v) is 5.68. The van der Waals surface area contributed by atoms with E-state index in [9.17, 15) is 18.4 Å². The van der Waals surface area contributed by atoms with Gasteiger partial charge in [-0.15, -0.1) is 0 Å². The summed E-state index contributed by atoms with van der Waals surface area (Å²) in [6, 6.07) is 12.9. The molecule has 1 aromatic heterocycles. The van der Waals surface area contributed by atoms with Gasteiger partial charge in [0.05, 0.1) is 5.69 Å². The Kier molecular flexibility index (Phi) is 4.88. The SMILES string of the molecule is CC(C(=O)Nc1ccc(F)cc1)n1nc(-c2ccc(F)cc2)ccc1=O. The van der Waals surface area contributed by atoms with Crippen molar-refractivity contribution in [3.8, 4) is 11.3 Å². The highest BCUT2D eigenvalue weighted by Gasteiger charge is 2.18. The Morgan fingerprint density at radius 1 is 0.962 bits per heavy atom. The number of carbonyl (C=O) groups is 1. The van der Waals surface area contributed by atoms with Crippen molar-refractivity contribution in [1.82, 2.24) is 9.78 Å². The summed E-state index contributed by atoms with van der Waals surface area (Å²) in [7, 11) is 0. The number of anilines is 1. The van der Waals surface area contributed by atoms with Crippen LogP contribution in [0.2, 0.25) is 0 Å². The summed E-state index contributed by atoms with van der Waals surface area (Å²) < 4.78 is 27.1. The first-order chi connectivity index (χ1) is 12.4. The largest absolute Gasteiger partial charge is 0.324 e. The normalized spacial score (nSPS) is 11.8. The Hall–Kier alpha value is -3.35. The van der Waals surface area contributed by atoms with Crippen molar-refractivity contribution >= 4 is 11.6 Å². The van der Waals surface area contributed by atoms with E-state index < -0.39 is 23.3 Å². The van der Waals surface area contributed by atoms with Gasteiger partial charge in [0.15, 0.2) is 0 Å². The maximum Gasteiger partial charge on any atom is 0.267 e. The number of hydrogen-bond donors (Lipinski definition) is 1. The summed E-state index contributed by atoms with van der Waals surface area (Å²) in [5, 5.41) is 6.82. The number of aromatic nitrogens is 2. The minimum absolute atomic E-state index is 0.380. The van der Waals surface area contributed by atoms with Crippen LogP contribution in [0.15, 0.2) is 65.5 Å². The molecule has 7 heteroatoms. The summed E-state index contributed by atoms with van der Waals surface area (Å²) in [6.45, 7) is 1.53. The van der Waals surface area contributed by atoms with Crippen LogP contribution in [0.5, 0.6) is 0 Å². The highest BCUT2D eigenvalue weighted by molar-refractivity contribution is 5.93. The average molecular weight is 355 g/mol. The molecule has 0 radical (unpaired) electrons. The van der Waals surface area contributed by atoms with Crippen LogP contribution in [-0.2, 0) is 4.79 Å². The van der Waals surface area contributed by atoms with Crippen LogP contribution in [0.3, 0.4) is 0 Å². The third-order valence-corrected chi connectivity index (χ3v) is 3.82. The van der Waals surface area contributed by atoms with Crippen LogP contribution < -0.4 is 10.9 Å². The number of halogens is 2. The van der Waals surface area contributed by atoms with Crippen LogP contribution in [0, 0.1) is 11.6 Å². The number of nitrogens with zero attached hydrogens (tertiary/aromatic N) is 2. The summed E-state index contributed by atoms with van der Waals surface area (Å²) in [4.78, 5) is 24.5. The first-order valence-corrected chi connectivity index (χ1v) is 7.86. The lowest BCUT2D eigenvalue weighted by atomic mass is 10.1. The van der Waals surface area contributed by atoms with E-state index in [2.05, 4.69) is 10.4 Å². The fraction of sp³-hybridized carbons (Fsp3) is 0.105. The molecule has 1 amide bonds. The van der Waals surface area contributed by atoms with Crippen molar-refractivity contribution in [2.75, 3.05) is 5.32 Å². The molecule has 1 heterocycles. The van der Waals surface area contributed by atoms with Gasteiger partial charge in [-0.3, -0.25) is 9.59 Å². The van der Waals surface area contributed by atoms with E-state index in [0.717, 1.165) is 4.68 Å². The zero-order valence-corrected chi connectivity index (χ0v) is 13.8. The average Bonchev–Trinajstić information content (AvgIpc) is 2.64. The van der Waals surface area contributed by atoms with Gasteiger partial charge in [-0.2, -0.15) is 5.10 Å². The van der Waals surface area contributed by atoms with Gasteiger partial charge in [-0.25, -0.2) is 13.5 Å². The molecule has 0 saturated carbocycles. The molecule has 0 spiro atoms. The van der Waals surface area contributed by atoms with Gasteiger partial charge in [0, 0.05) is 17.3 Å². The van der Waals surface area contributed by atoms with Gasteiger partial charge < -0.3 is 5.32 Å². The third-order valence-electron chi connectivity index (χ3n) is 3.82. The van der Waals surface area contributed by atoms with E-state index >= 15 is 0 Å². The lowest BCUT2D eigenvalue weighted by Gasteiger charge is -2.15. The molecule has 0 aliphatic carbocycles. The Balaban J connectivity index is 1.86. The monoisotopic (exact) mass is 355 g/mol. The Labute approximate surface area is 147 Å². The molecule has 1 unspecified atom stereocenters. The van der Waals surface area contributed by atoms with E-state index in [1.807, 2.05) is 0 Å². The van der Waals surface area contributed by atoms with Crippen molar-refractivity contribution in [1.29, 1.82) is 0 Å². The van der Waals surface area contributed by atoms with Crippen LogP contribution in [0.1, 0.15) is 13.0 Å². The molecule has 5 nitrogen and oxygen atoms in total. The second kappa shape index (κ2) is 7.26. The van der Waals surface area contributed by atoms with Gasteiger partial charge in [-0.05, 0) is 61.5 Å². The molecule has 0 aliphatic heterocycles. The van der Waals surface area contributed by atoms with Gasteiger partial charge in [0.2, 0.25) is 5.91 Å². The van der Waals surface area contributed by atoms with Gasteiger partial charge in [-0.1, -0.05) is 0 Å². The van der Waals surface area contributed by atoms with Crippen LogP contribution >= 0.6 is 0 Å². The van der Waals surface area contributed by atoms with Crippen LogP contribution in [0.4, 0.5) is 14.5 Å². The Bertz CT molecular complexity index is 983. The standard InChI is InChI=1S/C19H15F2N3O2/c1-12(19(26)22-16-8-6-15(21)7-9-16)24-18(25)11-10-17(23-24)13-2-4-14(20)5-3-13/h2-12H,1H3,(H,22,26). The molecule has 3 aromatic rings. The van der Waals surface area contributed by atoms with E-state index in [-0.39, 0.29) is 5.82 Å². The molecule has 3 rings (SSSR count). The first-order valence-electron chi connectivity index (χ1n) is 7.86. The number of benzene rings is 2. The third kappa shape index (κ3) is 3.83. The molecule has 26 heavy (non-hydrogen) atoms. The number of nitrogens with one attached hydrogen (secondary N) is 1. The Morgan fingerprint density at radius 2 is 1.54 bits per heavy atom. The molecule has 1 atom stereocenters. The lowest BCUT2D eigenvalue weighted by Crippen LogP contribution is -2.33. The van der Waals surface area contributed by atoms with E-state index in [1.165, 1.54) is 67.6 Å². The van der Waals surface area contributed by atoms with Gasteiger partial charge in [0.25, 0.3) is 5.56 Å². The maximum atomic E-state index is 13.1. The van der Waals surface area contributed by atoms with E-state index in [4.69, 9.17) is 0 Å². The quantitative estimate of drug-likeness (QED) is 0.780. The minimum Gasteiger partial charge on any atom is -0.324 e. The number of rotatable bonds is 4. The molecular formula is C19H15F2N3O2. The topological polar surface area (TPSA) is 64.0 Å². The van der Waals surface area contributed by atoms with Crippen molar-refractivity contribution in [2.45, 2.75) is 13.0 Å². The van der Waals surface area contributed by atoms with E-state index in [0.29, 0.717) is 16.9 Å². The van der Waals surface area contributed by atoms with Crippen LogP contribution in [-0.4, -0.2) is 15.7 Å². The van der Waals surface area contributed by atoms with E-state index in [1.54, 1.807) is 0 Å². The predicted molar refractivity (Wildman–Crippen MR) is 93.6 cm³/mol. The molecule has 2 aromatic carbocycles. The van der Waals surface area contributed by atoms with Gasteiger partial charge in [0.1, 0.15) is 17.7 Å². The molecule has 0 aliphatic rings. The summed E-state index contributed by atoms with van der Waals surface area (Å²) in [6.07, 6.45) is 0.